The molecule has 271 valence electrons. The number of hydrogen-bond acceptors (Lipinski definition) is 8. The van der Waals surface area contributed by atoms with Gasteiger partial charge in [-0.2, -0.15) is 0 Å². The Bertz CT molecular complexity index is 2700. The number of nitrogens with zero attached hydrogens (tertiary/aromatic N) is 3. The van der Waals surface area contributed by atoms with Gasteiger partial charge in [0.25, 0.3) is 0 Å². The Labute approximate surface area is 338 Å². The van der Waals surface area contributed by atoms with Gasteiger partial charge in [-0.15, -0.1) is 0 Å². The Morgan fingerprint density at radius 1 is 0.375 bits per heavy atom. The summed E-state index contributed by atoms with van der Waals surface area (Å²) in [5.74, 6) is 3.66. The normalized spacial score (nSPS) is 10.8. The molecule has 0 saturated carbocycles. The second-order valence-corrected chi connectivity index (χ2v) is 16.5. The van der Waals surface area contributed by atoms with Crippen LogP contribution in [0.3, 0.4) is 0 Å². The third-order valence-corrected chi connectivity index (χ3v) is 12.5. The zero-order valence-corrected chi connectivity index (χ0v) is 34.7. The Morgan fingerprint density at radius 2 is 0.804 bits per heavy atom. The topological polar surface area (TPSA) is 84.8 Å². The third-order valence-electron chi connectivity index (χ3n) is 8.99. The van der Waals surface area contributed by atoms with Gasteiger partial charge in [0.2, 0.25) is 0 Å². The number of hydrogen-bond donors (Lipinski definition) is 0. The first-order chi connectivity index (χ1) is 27.5. The van der Waals surface area contributed by atoms with Crippen LogP contribution in [0.15, 0.2) is 164 Å². The number of aromatic nitrogens is 3. The molecule has 9 rings (SSSR count). The van der Waals surface area contributed by atoms with E-state index in [0.717, 1.165) is 77.8 Å². The molecule has 0 fully saturated rings. The molecule has 0 atom stereocenters. The summed E-state index contributed by atoms with van der Waals surface area (Å²) in [6.45, 7) is 5.92. The zero-order chi connectivity index (χ0) is 38.3. The Hall–Kier alpha value is -6.02. The van der Waals surface area contributed by atoms with Gasteiger partial charge in [-0.3, -0.25) is 0 Å². The standard InChI is InChI=1S/3C10H9NO.C10H8O.C6H6O.Al.Ga/c3*1-7-5-6-8-3-2-4-9(12)10(8)11-7;11-10-7-3-5-8-4-1-2-6-9(8)10;7-6-4-2-1-3-5-6;;/h3*2-6,12H,1H3;1-7,11H;1-5,7H;;/q;;;;;+2;+3/p-5. The average molecular weight is 808 g/mol. The van der Waals surface area contributed by atoms with Crippen molar-refractivity contribution in [2.24, 2.45) is 0 Å². The van der Waals surface area contributed by atoms with Gasteiger partial charge in [-0.1, -0.05) is 36.4 Å². The molecule has 10 heteroatoms. The summed E-state index contributed by atoms with van der Waals surface area (Å²) in [7, 11) is 0. The summed E-state index contributed by atoms with van der Waals surface area (Å²) in [6.07, 6.45) is 0. The van der Waals surface area contributed by atoms with E-state index in [1.54, 1.807) is 0 Å². The molecule has 3 aromatic heterocycles. The van der Waals surface area contributed by atoms with E-state index in [1.807, 2.05) is 148 Å². The summed E-state index contributed by atoms with van der Waals surface area (Å²) in [4.78, 5) is 14.0. The predicted molar refractivity (Wildman–Crippen MR) is 224 cm³/mol. The van der Waals surface area contributed by atoms with Gasteiger partial charge in [0, 0.05) is 11.1 Å². The molecule has 0 N–H and O–H groups in total. The van der Waals surface area contributed by atoms with Gasteiger partial charge < -0.3 is 7.58 Å². The first-order valence-corrected chi connectivity index (χ1v) is 22.1. The van der Waals surface area contributed by atoms with Gasteiger partial charge in [0.1, 0.15) is 11.3 Å². The number of fused-ring (bicyclic) bond motifs is 4. The Balaban J connectivity index is 0.000000186. The van der Waals surface area contributed by atoms with Crippen LogP contribution < -0.4 is 18.2 Å². The van der Waals surface area contributed by atoms with Crippen LogP contribution in [0.2, 0.25) is 0 Å². The van der Waals surface area contributed by atoms with Crippen molar-refractivity contribution < 1.29 is 18.2 Å². The van der Waals surface area contributed by atoms with E-state index < -0.39 is 33.2 Å². The average Bonchev–Trinajstić information content (AvgIpc) is 3.22. The van der Waals surface area contributed by atoms with Crippen LogP contribution in [0.1, 0.15) is 17.1 Å². The van der Waals surface area contributed by atoms with Crippen molar-refractivity contribution in [1.29, 1.82) is 0 Å². The molecule has 0 saturated heterocycles. The molecule has 6 aromatic carbocycles. The van der Waals surface area contributed by atoms with E-state index in [9.17, 15) is 0 Å². The summed E-state index contributed by atoms with van der Waals surface area (Å²) in [6, 6.07) is 53.8. The van der Waals surface area contributed by atoms with Crippen LogP contribution in [0, 0.1) is 20.8 Å². The molecular formula is C46H36AlGaN3O5. The Kier molecular flexibility index (Phi) is 11.3. The minimum absolute atomic E-state index is 0.609. The van der Waals surface area contributed by atoms with Crippen LogP contribution >= 0.6 is 0 Å². The molecule has 9 aromatic rings. The van der Waals surface area contributed by atoms with E-state index in [-0.39, 0.29) is 0 Å². The van der Waals surface area contributed by atoms with Crippen LogP contribution in [0.5, 0.6) is 28.7 Å². The maximum atomic E-state index is 6.58. The van der Waals surface area contributed by atoms with E-state index >= 15 is 0 Å². The van der Waals surface area contributed by atoms with E-state index in [4.69, 9.17) is 28.1 Å². The quantitative estimate of drug-likeness (QED) is 0.126. The molecule has 0 unspecified atom stereocenters. The first kappa shape index (κ1) is 36.9. The van der Waals surface area contributed by atoms with Gasteiger partial charge >= 0.3 is 232 Å². The number of rotatable bonds is 10. The molecule has 0 aliphatic heterocycles. The van der Waals surface area contributed by atoms with Crippen LogP contribution in [-0.2, 0) is 0 Å². The first-order valence-electron chi connectivity index (χ1n) is 18.2. The number of aryl methyl sites for hydroxylation is 3. The molecule has 56 heavy (non-hydrogen) atoms. The van der Waals surface area contributed by atoms with E-state index in [1.165, 1.54) is 0 Å². The van der Waals surface area contributed by atoms with E-state index in [0.29, 0.717) is 11.5 Å². The molecule has 0 amide bonds. The number of para-hydroxylation sites is 4. The van der Waals surface area contributed by atoms with Crippen molar-refractivity contribution >= 4 is 76.7 Å². The maximum absolute atomic E-state index is 6.58. The molecule has 0 bridgehead atoms. The minimum atomic E-state index is -3.46. The summed E-state index contributed by atoms with van der Waals surface area (Å²) in [5.41, 5.74) is 5.30. The van der Waals surface area contributed by atoms with Gasteiger partial charge in [-0.25, -0.2) is 4.98 Å². The van der Waals surface area contributed by atoms with Crippen molar-refractivity contribution in [2.45, 2.75) is 20.8 Å². The van der Waals surface area contributed by atoms with Crippen LogP contribution in [0.4, 0.5) is 0 Å². The third kappa shape index (κ3) is 8.75. The molecule has 1 radical (unpaired) electrons. The van der Waals surface area contributed by atoms with Crippen molar-refractivity contribution in [2.75, 3.05) is 0 Å². The summed E-state index contributed by atoms with van der Waals surface area (Å²) in [5, 5.41) is 5.20. The van der Waals surface area contributed by atoms with Gasteiger partial charge in [0.05, 0.1) is 5.75 Å². The number of pyridine rings is 3. The molecular weight excluding hydrogens is 771 g/mol. The van der Waals surface area contributed by atoms with Crippen molar-refractivity contribution in [1.82, 2.24) is 15.0 Å². The molecule has 3 heterocycles. The number of benzene rings is 6. The predicted octanol–water partition coefficient (Wildman–Crippen LogP) is 10.6. The fraction of sp³-hybridized carbons (Fsp3) is 0.0652. The summed E-state index contributed by atoms with van der Waals surface area (Å²) >= 11 is -4.07. The second kappa shape index (κ2) is 17.2. The monoisotopic (exact) mass is 806 g/mol. The van der Waals surface area contributed by atoms with Gasteiger partial charge in [0.15, 0.2) is 0 Å². The van der Waals surface area contributed by atoms with Crippen molar-refractivity contribution in [3.8, 4) is 28.7 Å². The molecule has 0 aliphatic rings. The molecule has 8 nitrogen and oxygen atoms in total. The SMILES string of the molecule is Cc1ccc2cccc([O][Al][O]c3ccccc3)c2n1.Cc1ccc2cccc([O][Ga]([O]c3cccc4ccccc34)[O]c3cccc4ccc(C)nc34)c2n1. The Morgan fingerprint density at radius 3 is 1.38 bits per heavy atom. The van der Waals surface area contributed by atoms with Crippen molar-refractivity contribution in [3.05, 3.63) is 181 Å². The second-order valence-electron chi connectivity index (χ2n) is 13.1. The van der Waals surface area contributed by atoms with Crippen LogP contribution in [-0.4, -0.2) is 48.2 Å². The van der Waals surface area contributed by atoms with Gasteiger partial charge in [-0.05, 0) is 31.2 Å². The zero-order valence-electron chi connectivity index (χ0n) is 31.1. The fourth-order valence-corrected chi connectivity index (χ4v) is 9.70. The van der Waals surface area contributed by atoms with E-state index in [2.05, 4.69) is 41.4 Å². The van der Waals surface area contributed by atoms with Crippen LogP contribution in [0.25, 0.3) is 43.5 Å². The fourth-order valence-electron chi connectivity index (χ4n) is 6.25. The molecule has 0 spiro atoms. The van der Waals surface area contributed by atoms with Crippen molar-refractivity contribution in [3.63, 3.8) is 0 Å². The molecule has 0 aliphatic carbocycles. The summed E-state index contributed by atoms with van der Waals surface area (Å²) < 4.78 is 31.1.